The molecule has 0 saturated carbocycles. The lowest BCUT2D eigenvalue weighted by atomic mass is 10.0. The summed E-state index contributed by atoms with van der Waals surface area (Å²) < 4.78 is 103. The maximum Gasteiger partial charge on any atom is 0.306 e. The van der Waals surface area contributed by atoms with Gasteiger partial charge in [-0.05, 0) is 51.0 Å². The third-order valence-corrected chi connectivity index (χ3v) is 9.88. The highest BCUT2D eigenvalue weighted by Crippen LogP contribution is 2.38. The van der Waals surface area contributed by atoms with Crippen LogP contribution in [0.3, 0.4) is 0 Å². The summed E-state index contributed by atoms with van der Waals surface area (Å²) >= 11 is 0. The predicted octanol–water partition coefficient (Wildman–Crippen LogP) is 12.5. The number of carbonyl (C=O) groups is 1. The van der Waals surface area contributed by atoms with E-state index < -0.39 is 52.5 Å². The van der Waals surface area contributed by atoms with Crippen molar-refractivity contribution in [2.24, 2.45) is 0 Å². The smallest absolute Gasteiger partial charge is 0.306 e. The van der Waals surface area contributed by atoms with Gasteiger partial charge in [0, 0.05) is 18.8 Å². The van der Waals surface area contributed by atoms with Crippen LogP contribution < -0.4 is 4.89 Å². The molecule has 1 unspecified atom stereocenters. The van der Waals surface area contributed by atoms with Crippen molar-refractivity contribution in [3.05, 3.63) is 24.5 Å². The molecule has 2 atom stereocenters. The predicted molar refractivity (Wildman–Crippen MR) is 222 cm³/mol. The molecule has 0 aliphatic carbocycles. The summed E-state index contributed by atoms with van der Waals surface area (Å²) in [6, 6.07) is 0. The summed E-state index contributed by atoms with van der Waals surface area (Å²) in [6.07, 6.45) is 23.1. The van der Waals surface area contributed by atoms with E-state index in [1.54, 1.807) is 6.26 Å². The Hall–Kier alpha value is -1.18. The van der Waals surface area contributed by atoms with Gasteiger partial charge >= 0.3 is 5.97 Å². The molecule has 0 radical (unpaired) electrons. The first-order chi connectivity index (χ1) is 29.0. The van der Waals surface area contributed by atoms with E-state index in [2.05, 4.69) is 6.92 Å². The molecular formula is C44H86NO7P. The van der Waals surface area contributed by atoms with Crippen LogP contribution in [0.15, 0.2) is 24.5 Å². The lowest BCUT2D eigenvalue weighted by molar-refractivity contribution is -0.870. The molecule has 53 heavy (non-hydrogen) atoms. The van der Waals surface area contributed by atoms with Gasteiger partial charge in [-0.15, -0.1) is 0 Å². The first-order valence-corrected chi connectivity index (χ1v) is 22.5. The van der Waals surface area contributed by atoms with Crippen LogP contribution in [-0.4, -0.2) is 64.1 Å². The van der Waals surface area contributed by atoms with Crippen LogP contribution in [-0.2, 0) is 27.9 Å². The van der Waals surface area contributed by atoms with Crippen LogP contribution in [0.5, 0.6) is 0 Å². The van der Waals surface area contributed by atoms with E-state index in [0.717, 1.165) is 44.9 Å². The molecule has 0 bridgehead atoms. The highest BCUT2D eigenvalue weighted by Gasteiger charge is 2.20. The minimum atomic E-state index is -4.61. The molecule has 0 saturated heterocycles. The fraction of sp³-hybridized carbons (Fsp3) is 0.886. The molecule has 0 rings (SSSR count). The summed E-state index contributed by atoms with van der Waals surface area (Å²) in [5.74, 6) is -0.455. The van der Waals surface area contributed by atoms with Crippen LogP contribution in [0.2, 0.25) is 0 Å². The number of allylic oxidation sites excluding steroid dienone is 3. The second-order valence-electron chi connectivity index (χ2n) is 15.2. The molecule has 0 aromatic heterocycles. The number of carbonyl (C=O) groups excluding carboxylic acids is 1. The number of hydrogen-bond acceptors (Lipinski definition) is 7. The van der Waals surface area contributed by atoms with Gasteiger partial charge in [0.15, 0.2) is 6.10 Å². The van der Waals surface area contributed by atoms with Gasteiger partial charge in [0.25, 0.3) is 7.82 Å². The van der Waals surface area contributed by atoms with E-state index in [-0.39, 0.29) is 26.1 Å². The quantitative estimate of drug-likeness (QED) is 0.0152. The Morgan fingerprint density at radius 3 is 1.75 bits per heavy atom. The number of likely N-dealkylation sites (N-methyl/N-ethyl adjacent to an activating group) is 1. The average molecular weight is 781 g/mol. The molecule has 8 nitrogen and oxygen atoms in total. The second kappa shape index (κ2) is 37.7. The summed E-state index contributed by atoms with van der Waals surface area (Å²) in [5, 5.41) is 0. The zero-order valence-corrected chi connectivity index (χ0v) is 35.2. The summed E-state index contributed by atoms with van der Waals surface area (Å²) in [5.41, 5.74) is 0. The molecule has 0 amide bonds. The standard InChI is InChI=1S/C44H86NO7P/c1-6-8-10-12-14-16-18-20-22-24-26-28-30-32-34-36-39-49-41-43(42-51-53(47,48)50-40-38-45(3,4)5)52-44(46)37-35-33-31-29-27-25-23-21-19-17-15-13-11-9-7-2/h21,23,36,39,43H,6-20,22,24-35,37-38,40-42H2,1-5H3/b23-21+,39-36+/t43-/m1/s1/i2D3,7D2,9D2,11D2. The zero-order chi connectivity index (χ0) is 47.0. The molecule has 0 heterocycles. The summed E-state index contributed by atoms with van der Waals surface area (Å²) in [6.45, 7) is -1.06. The maximum atomic E-state index is 12.7. The molecule has 0 aromatic carbocycles. The van der Waals surface area contributed by atoms with Crippen LogP contribution >= 0.6 is 7.82 Å². The molecule has 314 valence electrons. The number of phosphoric ester groups is 1. The highest BCUT2D eigenvalue weighted by molar-refractivity contribution is 7.45. The third-order valence-electron chi connectivity index (χ3n) is 8.92. The van der Waals surface area contributed by atoms with Crippen molar-refractivity contribution >= 4 is 13.8 Å². The maximum absolute atomic E-state index is 12.7. The van der Waals surface area contributed by atoms with Crippen LogP contribution in [0, 0.1) is 0 Å². The summed E-state index contributed by atoms with van der Waals surface area (Å²) in [4.78, 5) is 25.1. The Bertz CT molecular complexity index is 1250. The Kier molecular flexibility index (Phi) is 26.6. The molecule has 0 aliphatic rings. The Labute approximate surface area is 341 Å². The number of nitrogens with zero attached hydrogens (tertiary/aromatic N) is 1. The fourth-order valence-electron chi connectivity index (χ4n) is 5.63. The Morgan fingerprint density at radius 1 is 0.698 bits per heavy atom. The number of unbranched alkanes of at least 4 members (excludes halogenated alkanes) is 21. The average Bonchev–Trinajstić information content (AvgIpc) is 3.16. The van der Waals surface area contributed by atoms with E-state index in [9.17, 15) is 14.3 Å². The zero-order valence-electron chi connectivity index (χ0n) is 43.4. The van der Waals surface area contributed by atoms with E-state index >= 15 is 0 Å². The van der Waals surface area contributed by atoms with Gasteiger partial charge < -0.3 is 27.9 Å². The van der Waals surface area contributed by atoms with Crippen molar-refractivity contribution in [1.29, 1.82) is 0 Å². The summed E-state index contributed by atoms with van der Waals surface area (Å²) in [7, 11) is 1.15. The van der Waals surface area contributed by atoms with Crippen molar-refractivity contribution in [2.45, 2.75) is 206 Å². The molecule has 0 aromatic rings. The molecule has 0 aliphatic heterocycles. The number of rotatable bonds is 41. The fourth-order valence-corrected chi connectivity index (χ4v) is 6.36. The lowest BCUT2D eigenvalue weighted by Gasteiger charge is -2.28. The molecule has 0 fully saturated rings. The van der Waals surface area contributed by atoms with Crippen molar-refractivity contribution in [3.63, 3.8) is 0 Å². The minimum Gasteiger partial charge on any atom is -0.756 e. The minimum absolute atomic E-state index is 0.0329. The van der Waals surface area contributed by atoms with Crippen LogP contribution in [0.4, 0.5) is 0 Å². The number of phosphoric acid groups is 1. The van der Waals surface area contributed by atoms with E-state index in [1.165, 1.54) is 83.5 Å². The van der Waals surface area contributed by atoms with Gasteiger partial charge in [-0.3, -0.25) is 9.36 Å². The van der Waals surface area contributed by atoms with Gasteiger partial charge in [0.2, 0.25) is 0 Å². The first-order valence-electron chi connectivity index (χ1n) is 25.5. The Balaban J connectivity index is 4.46. The van der Waals surface area contributed by atoms with Gasteiger partial charge in [-0.1, -0.05) is 161 Å². The number of esters is 1. The van der Waals surface area contributed by atoms with E-state index in [0.29, 0.717) is 36.7 Å². The normalized spacial score (nSPS) is 17.5. The lowest BCUT2D eigenvalue weighted by Crippen LogP contribution is -2.37. The SMILES string of the molecule is [2H]C([2H])([2H])C([2H])([2H])C([2H])([2H])C([2H])([2H])CCCC/C=C/CCCCCCCC(=O)O[C@H](CO/C=C/CCCCCCCCCCCCCCCC)COP(=O)([O-])OCC[N+](C)(C)C. The van der Waals surface area contributed by atoms with Gasteiger partial charge in [0.05, 0.1) is 34.0 Å². The van der Waals surface area contributed by atoms with Crippen molar-refractivity contribution in [3.8, 4) is 0 Å². The van der Waals surface area contributed by atoms with Gasteiger partial charge in [-0.2, -0.15) is 0 Å². The topological polar surface area (TPSA) is 94.1 Å². The molecular weight excluding hydrogens is 685 g/mol. The molecule has 0 spiro atoms. The van der Waals surface area contributed by atoms with E-state index in [1.807, 2.05) is 39.4 Å². The first kappa shape index (κ1) is 37.4. The second-order valence-corrected chi connectivity index (χ2v) is 16.7. The number of hydrogen-bond donors (Lipinski definition) is 0. The largest absolute Gasteiger partial charge is 0.756 e. The monoisotopic (exact) mass is 781 g/mol. The van der Waals surface area contributed by atoms with Crippen molar-refractivity contribution in [2.75, 3.05) is 47.5 Å². The number of quaternary nitrogens is 1. The van der Waals surface area contributed by atoms with E-state index in [4.69, 9.17) is 30.9 Å². The Morgan fingerprint density at radius 2 is 1.21 bits per heavy atom. The molecule has 0 N–H and O–H groups in total. The van der Waals surface area contributed by atoms with Gasteiger partial charge in [0.1, 0.15) is 19.8 Å². The van der Waals surface area contributed by atoms with Gasteiger partial charge in [-0.25, -0.2) is 0 Å². The van der Waals surface area contributed by atoms with Crippen LogP contribution in [0.25, 0.3) is 0 Å². The van der Waals surface area contributed by atoms with Crippen molar-refractivity contribution in [1.82, 2.24) is 0 Å². The molecule has 9 heteroatoms. The highest BCUT2D eigenvalue weighted by atomic mass is 31.2. The third kappa shape index (κ3) is 41.8. The van der Waals surface area contributed by atoms with Crippen LogP contribution in [0.1, 0.15) is 212 Å². The number of ether oxygens (including phenoxy) is 2. The van der Waals surface area contributed by atoms with Crippen molar-refractivity contribution < 1.29 is 49.6 Å².